The third kappa shape index (κ3) is 2.06. The summed E-state index contributed by atoms with van der Waals surface area (Å²) >= 11 is 0. The van der Waals surface area contributed by atoms with Gasteiger partial charge in [0, 0.05) is 0 Å². The van der Waals surface area contributed by atoms with Crippen LogP contribution in [-0.4, -0.2) is 21.5 Å². The minimum Gasteiger partial charge on any atom is -0.384 e. The second-order valence-corrected chi connectivity index (χ2v) is 2.92. The minimum atomic E-state index is -0.139. The summed E-state index contributed by atoms with van der Waals surface area (Å²) in [5.41, 5.74) is 1.74. The second kappa shape index (κ2) is 4.45. The van der Waals surface area contributed by atoms with Crippen molar-refractivity contribution in [3.05, 3.63) is 48.3 Å². The number of aliphatic hydroxyl groups excluding tert-OH is 1. The van der Waals surface area contributed by atoms with E-state index in [1.54, 1.807) is 10.9 Å². The number of aliphatic hydroxyl groups is 1. The van der Waals surface area contributed by atoms with Crippen LogP contribution in [0, 0.1) is 11.8 Å². The first-order chi connectivity index (χ1) is 7.42. The van der Waals surface area contributed by atoms with Crippen molar-refractivity contribution in [2.24, 2.45) is 0 Å². The molecule has 0 aliphatic heterocycles. The molecular formula is C12H10N2O. The van der Waals surface area contributed by atoms with E-state index in [0.29, 0.717) is 0 Å². The maximum atomic E-state index is 8.62. The Hall–Kier alpha value is -2.05. The van der Waals surface area contributed by atoms with E-state index in [2.05, 4.69) is 16.9 Å². The topological polar surface area (TPSA) is 38.1 Å². The van der Waals surface area contributed by atoms with E-state index < -0.39 is 0 Å². The zero-order valence-corrected chi connectivity index (χ0v) is 8.09. The summed E-state index contributed by atoms with van der Waals surface area (Å²) in [4.78, 5) is 0. The van der Waals surface area contributed by atoms with Crippen LogP contribution in [0.2, 0.25) is 0 Å². The molecule has 2 rings (SSSR count). The number of hydrogen-bond donors (Lipinski definition) is 1. The fourth-order valence-electron chi connectivity index (χ4n) is 1.30. The smallest absolute Gasteiger partial charge is 0.117 e. The number of para-hydroxylation sites is 1. The van der Waals surface area contributed by atoms with Crippen LogP contribution in [-0.2, 0) is 0 Å². The van der Waals surface area contributed by atoms with Crippen molar-refractivity contribution in [3.8, 4) is 17.5 Å². The molecule has 2 aromatic rings. The summed E-state index contributed by atoms with van der Waals surface area (Å²) < 4.78 is 1.74. The van der Waals surface area contributed by atoms with E-state index >= 15 is 0 Å². The Balaban J connectivity index is 2.42. The maximum Gasteiger partial charge on any atom is 0.117 e. The van der Waals surface area contributed by atoms with Crippen LogP contribution in [0.3, 0.4) is 0 Å². The van der Waals surface area contributed by atoms with Crippen molar-refractivity contribution in [3.63, 3.8) is 0 Å². The molecule has 0 radical (unpaired) electrons. The molecular weight excluding hydrogens is 188 g/mol. The average Bonchev–Trinajstić information content (AvgIpc) is 2.75. The third-order valence-corrected chi connectivity index (χ3v) is 1.94. The van der Waals surface area contributed by atoms with Gasteiger partial charge in [0.15, 0.2) is 0 Å². The van der Waals surface area contributed by atoms with Gasteiger partial charge in [-0.05, 0) is 24.1 Å². The number of aromatic nitrogens is 2. The van der Waals surface area contributed by atoms with E-state index in [4.69, 9.17) is 5.11 Å². The molecule has 0 fully saturated rings. The summed E-state index contributed by atoms with van der Waals surface area (Å²) in [6.45, 7) is -0.139. The lowest BCUT2D eigenvalue weighted by atomic mass is 10.3. The van der Waals surface area contributed by atoms with Crippen LogP contribution in [0.1, 0.15) is 5.69 Å². The molecule has 0 amide bonds. The van der Waals surface area contributed by atoms with Gasteiger partial charge in [-0.25, -0.2) is 4.68 Å². The van der Waals surface area contributed by atoms with Crippen LogP contribution in [0.15, 0.2) is 42.6 Å². The molecule has 0 atom stereocenters. The van der Waals surface area contributed by atoms with Gasteiger partial charge in [0.1, 0.15) is 12.3 Å². The molecule has 1 aromatic heterocycles. The van der Waals surface area contributed by atoms with Gasteiger partial charge < -0.3 is 5.11 Å². The Labute approximate surface area is 88.0 Å². The van der Waals surface area contributed by atoms with E-state index in [9.17, 15) is 0 Å². The molecule has 3 nitrogen and oxygen atoms in total. The molecule has 0 spiro atoms. The zero-order valence-electron chi connectivity index (χ0n) is 8.09. The molecule has 0 saturated heterocycles. The van der Waals surface area contributed by atoms with Gasteiger partial charge in [0.05, 0.1) is 11.9 Å². The van der Waals surface area contributed by atoms with Gasteiger partial charge in [-0.3, -0.25) is 0 Å². The Morgan fingerprint density at radius 3 is 2.73 bits per heavy atom. The van der Waals surface area contributed by atoms with Crippen molar-refractivity contribution in [2.45, 2.75) is 0 Å². The van der Waals surface area contributed by atoms with Crippen LogP contribution in [0.5, 0.6) is 0 Å². The number of hydrogen-bond acceptors (Lipinski definition) is 2. The average molecular weight is 198 g/mol. The summed E-state index contributed by atoms with van der Waals surface area (Å²) in [6.07, 6.45) is 1.69. The fraction of sp³-hybridized carbons (Fsp3) is 0.0833. The van der Waals surface area contributed by atoms with Crippen LogP contribution < -0.4 is 0 Å². The third-order valence-electron chi connectivity index (χ3n) is 1.94. The molecule has 15 heavy (non-hydrogen) atoms. The Morgan fingerprint density at radius 2 is 2.00 bits per heavy atom. The minimum absolute atomic E-state index is 0.139. The highest BCUT2D eigenvalue weighted by Gasteiger charge is 2.00. The van der Waals surface area contributed by atoms with Gasteiger partial charge in [-0.1, -0.05) is 24.1 Å². The quantitative estimate of drug-likeness (QED) is 0.699. The molecule has 1 heterocycles. The first-order valence-corrected chi connectivity index (χ1v) is 4.61. The van der Waals surface area contributed by atoms with Crippen LogP contribution in [0.25, 0.3) is 5.69 Å². The first-order valence-electron chi connectivity index (χ1n) is 4.61. The van der Waals surface area contributed by atoms with Crippen molar-refractivity contribution in [2.75, 3.05) is 6.61 Å². The van der Waals surface area contributed by atoms with Crippen molar-refractivity contribution >= 4 is 0 Å². The van der Waals surface area contributed by atoms with Crippen LogP contribution in [0.4, 0.5) is 0 Å². The Morgan fingerprint density at radius 1 is 1.20 bits per heavy atom. The summed E-state index contributed by atoms with van der Waals surface area (Å²) in [6, 6.07) is 11.6. The predicted molar refractivity (Wildman–Crippen MR) is 57.5 cm³/mol. The fourth-order valence-corrected chi connectivity index (χ4v) is 1.30. The Bertz CT molecular complexity index is 491. The molecule has 1 N–H and O–H groups in total. The van der Waals surface area contributed by atoms with Crippen LogP contribution >= 0.6 is 0 Å². The maximum absolute atomic E-state index is 8.62. The summed E-state index contributed by atoms with van der Waals surface area (Å²) in [7, 11) is 0. The largest absolute Gasteiger partial charge is 0.384 e. The van der Waals surface area contributed by atoms with Gasteiger partial charge in [0.25, 0.3) is 0 Å². The standard InChI is InChI=1S/C12H10N2O/c15-10-4-7-12-8-9-13-14(12)11-5-2-1-3-6-11/h1-3,5-6,8-9,15H,10H2. The van der Waals surface area contributed by atoms with Crippen molar-refractivity contribution < 1.29 is 5.11 Å². The monoisotopic (exact) mass is 198 g/mol. The van der Waals surface area contributed by atoms with Gasteiger partial charge in [-0.2, -0.15) is 5.10 Å². The normalized spacial score (nSPS) is 9.40. The SMILES string of the molecule is OCC#Cc1ccnn1-c1ccccc1. The van der Waals surface area contributed by atoms with Gasteiger partial charge in [0.2, 0.25) is 0 Å². The molecule has 1 aromatic carbocycles. The predicted octanol–water partition coefficient (Wildman–Crippen LogP) is 1.22. The van der Waals surface area contributed by atoms with E-state index in [0.717, 1.165) is 11.4 Å². The zero-order chi connectivity index (χ0) is 10.5. The van der Waals surface area contributed by atoms with Gasteiger partial charge >= 0.3 is 0 Å². The lowest BCUT2D eigenvalue weighted by Crippen LogP contribution is -1.98. The number of benzene rings is 1. The molecule has 0 aliphatic rings. The molecule has 0 saturated carbocycles. The number of nitrogens with zero attached hydrogens (tertiary/aromatic N) is 2. The molecule has 0 aliphatic carbocycles. The molecule has 3 heteroatoms. The summed E-state index contributed by atoms with van der Waals surface area (Å²) in [5.74, 6) is 5.45. The first kappa shape index (κ1) is 9.50. The lowest BCUT2D eigenvalue weighted by Gasteiger charge is -2.01. The lowest BCUT2D eigenvalue weighted by molar-refractivity contribution is 0.350. The van der Waals surface area contributed by atoms with Gasteiger partial charge in [-0.15, -0.1) is 0 Å². The molecule has 74 valence electrons. The highest BCUT2D eigenvalue weighted by Crippen LogP contribution is 2.08. The van der Waals surface area contributed by atoms with E-state index in [1.807, 2.05) is 36.4 Å². The van der Waals surface area contributed by atoms with Crippen molar-refractivity contribution in [1.29, 1.82) is 0 Å². The van der Waals surface area contributed by atoms with E-state index in [-0.39, 0.29) is 6.61 Å². The highest BCUT2D eigenvalue weighted by molar-refractivity contribution is 5.38. The van der Waals surface area contributed by atoms with Crippen molar-refractivity contribution in [1.82, 2.24) is 9.78 Å². The Kier molecular flexibility index (Phi) is 2.82. The second-order valence-electron chi connectivity index (χ2n) is 2.92. The molecule has 0 unspecified atom stereocenters. The summed E-state index contributed by atoms with van der Waals surface area (Å²) in [5, 5.41) is 12.8. The molecule has 0 bridgehead atoms. The number of rotatable bonds is 1. The van der Waals surface area contributed by atoms with E-state index in [1.165, 1.54) is 0 Å². The highest BCUT2D eigenvalue weighted by atomic mass is 16.2.